The predicted molar refractivity (Wildman–Crippen MR) is 61.5 cm³/mol. The fourth-order valence-electron chi connectivity index (χ4n) is 1.56. The van der Waals surface area contributed by atoms with Gasteiger partial charge in [0.1, 0.15) is 0 Å². The van der Waals surface area contributed by atoms with Crippen molar-refractivity contribution in [3.8, 4) is 0 Å². The van der Waals surface area contributed by atoms with Crippen LogP contribution in [0.3, 0.4) is 0 Å². The Morgan fingerprint density at radius 2 is 2.25 bits per heavy atom. The maximum atomic E-state index is 11.3. The number of carbonyl (C=O) groups is 1. The molecule has 0 aromatic heterocycles. The molecule has 1 aliphatic heterocycles. The average molecular weight is 230 g/mol. The number of nitrogens with zero attached hydrogens (tertiary/aromatic N) is 1. The highest BCUT2D eigenvalue weighted by molar-refractivity contribution is 5.67. The van der Waals surface area contributed by atoms with Gasteiger partial charge in [0.05, 0.1) is 26.4 Å². The van der Waals surface area contributed by atoms with Crippen LogP contribution in [0.4, 0.5) is 4.79 Å². The summed E-state index contributed by atoms with van der Waals surface area (Å²) >= 11 is 0. The van der Waals surface area contributed by atoms with Crippen molar-refractivity contribution in [2.75, 3.05) is 33.4 Å². The van der Waals surface area contributed by atoms with Gasteiger partial charge in [-0.1, -0.05) is 0 Å². The molecule has 0 saturated carbocycles. The van der Waals surface area contributed by atoms with E-state index in [1.54, 1.807) is 4.90 Å². The third kappa shape index (κ3) is 4.37. The summed E-state index contributed by atoms with van der Waals surface area (Å²) in [6.45, 7) is 8.84. The first-order valence-corrected chi connectivity index (χ1v) is 5.62. The van der Waals surface area contributed by atoms with E-state index in [1.807, 2.05) is 0 Å². The van der Waals surface area contributed by atoms with Crippen LogP contribution >= 0.6 is 0 Å². The Balaban J connectivity index is 2.36. The van der Waals surface area contributed by atoms with Gasteiger partial charge in [0.2, 0.25) is 0 Å². The van der Waals surface area contributed by atoms with Gasteiger partial charge in [-0.25, -0.2) is 4.79 Å². The molecule has 5 nitrogen and oxygen atoms in total. The molecule has 1 atom stereocenters. The molecule has 1 rings (SSSR count). The lowest BCUT2D eigenvalue weighted by Gasteiger charge is -2.33. The molecule has 0 aliphatic carbocycles. The Morgan fingerprint density at radius 3 is 2.81 bits per heavy atom. The van der Waals surface area contributed by atoms with Gasteiger partial charge in [-0.15, -0.1) is 0 Å². The summed E-state index contributed by atoms with van der Waals surface area (Å²) in [5, 5.41) is 3.37. The van der Waals surface area contributed by atoms with Crippen LogP contribution in [0.5, 0.6) is 0 Å². The van der Waals surface area contributed by atoms with Crippen LogP contribution in [0.15, 0.2) is 0 Å². The third-order valence-electron chi connectivity index (χ3n) is 2.43. The zero-order chi connectivity index (χ0) is 12.2. The molecule has 1 heterocycles. The molecule has 1 fully saturated rings. The van der Waals surface area contributed by atoms with Gasteiger partial charge in [0.25, 0.3) is 0 Å². The zero-order valence-corrected chi connectivity index (χ0v) is 10.6. The Kier molecular flexibility index (Phi) is 4.56. The number of hydrogen-bond donors (Lipinski definition) is 1. The van der Waals surface area contributed by atoms with Crippen molar-refractivity contribution in [1.29, 1.82) is 0 Å². The zero-order valence-electron chi connectivity index (χ0n) is 10.6. The molecule has 16 heavy (non-hydrogen) atoms. The highest BCUT2D eigenvalue weighted by Gasteiger charge is 2.25. The van der Waals surface area contributed by atoms with E-state index in [1.165, 1.54) is 7.11 Å². The maximum Gasteiger partial charge on any atom is 0.409 e. The average Bonchev–Trinajstić information content (AvgIpc) is 2.25. The lowest BCUT2D eigenvalue weighted by molar-refractivity contribution is -0.0253. The monoisotopic (exact) mass is 230 g/mol. The summed E-state index contributed by atoms with van der Waals surface area (Å²) in [6.07, 6.45) is -0.226. The summed E-state index contributed by atoms with van der Waals surface area (Å²) in [6, 6.07) is 0. The smallest absolute Gasteiger partial charge is 0.409 e. The van der Waals surface area contributed by atoms with E-state index in [9.17, 15) is 4.79 Å². The Labute approximate surface area is 97.1 Å². The van der Waals surface area contributed by atoms with Crippen molar-refractivity contribution in [2.24, 2.45) is 0 Å². The molecule has 1 aliphatic rings. The van der Waals surface area contributed by atoms with Gasteiger partial charge in [0, 0.05) is 18.6 Å². The van der Waals surface area contributed by atoms with Crippen LogP contribution in [-0.2, 0) is 9.47 Å². The second kappa shape index (κ2) is 5.50. The van der Waals surface area contributed by atoms with Crippen molar-refractivity contribution in [3.05, 3.63) is 0 Å². The number of rotatable bonds is 2. The second-order valence-electron chi connectivity index (χ2n) is 5.04. The summed E-state index contributed by atoms with van der Waals surface area (Å²) < 4.78 is 10.3. The van der Waals surface area contributed by atoms with Crippen molar-refractivity contribution in [1.82, 2.24) is 10.2 Å². The Morgan fingerprint density at radius 1 is 1.56 bits per heavy atom. The van der Waals surface area contributed by atoms with Crippen molar-refractivity contribution >= 4 is 6.09 Å². The molecule has 0 aromatic carbocycles. The minimum absolute atomic E-state index is 0.0482. The van der Waals surface area contributed by atoms with Crippen molar-refractivity contribution in [2.45, 2.75) is 32.4 Å². The molecule has 0 aromatic rings. The molecule has 1 N–H and O–H groups in total. The van der Waals surface area contributed by atoms with Crippen molar-refractivity contribution in [3.63, 3.8) is 0 Å². The first kappa shape index (κ1) is 13.3. The standard InChI is InChI=1S/C11H22N2O3/c1-11(2,3)12-7-9-8-13(5-6-16-9)10(14)15-4/h9,12H,5-8H2,1-4H3. The first-order valence-electron chi connectivity index (χ1n) is 5.62. The molecule has 0 spiro atoms. The lowest BCUT2D eigenvalue weighted by atomic mass is 10.1. The topological polar surface area (TPSA) is 50.8 Å². The lowest BCUT2D eigenvalue weighted by Crippen LogP contribution is -2.51. The molecule has 0 bridgehead atoms. The number of amides is 1. The van der Waals surface area contributed by atoms with E-state index in [0.717, 1.165) is 6.54 Å². The molecular formula is C11H22N2O3. The number of morpholine rings is 1. The van der Waals surface area contributed by atoms with Crippen LogP contribution in [0.2, 0.25) is 0 Å². The molecule has 1 saturated heterocycles. The van der Waals surface area contributed by atoms with E-state index in [0.29, 0.717) is 19.7 Å². The summed E-state index contributed by atoms with van der Waals surface area (Å²) in [4.78, 5) is 13.0. The summed E-state index contributed by atoms with van der Waals surface area (Å²) in [5.74, 6) is 0. The molecular weight excluding hydrogens is 208 g/mol. The highest BCUT2D eigenvalue weighted by Crippen LogP contribution is 2.07. The van der Waals surface area contributed by atoms with Gasteiger partial charge in [-0.3, -0.25) is 0 Å². The van der Waals surface area contributed by atoms with Crippen LogP contribution in [0.25, 0.3) is 0 Å². The van der Waals surface area contributed by atoms with E-state index in [4.69, 9.17) is 9.47 Å². The Hall–Kier alpha value is -0.810. The molecule has 0 radical (unpaired) electrons. The van der Waals surface area contributed by atoms with Gasteiger partial charge in [-0.05, 0) is 20.8 Å². The number of carbonyl (C=O) groups excluding carboxylic acids is 1. The normalized spacial score (nSPS) is 22.0. The molecule has 1 amide bonds. The highest BCUT2D eigenvalue weighted by atomic mass is 16.5. The van der Waals surface area contributed by atoms with Gasteiger partial charge < -0.3 is 19.7 Å². The SMILES string of the molecule is COC(=O)N1CCOC(CNC(C)(C)C)C1. The van der Waals surface area contributed by atoms with Gasteiger partial charge in [0.15, 0.2) is 0 Å². The van der Waals surface area contributed by atoms with Gasteiger partial charge >= 0.3 is 6.09 Å². The fraction of sp³-hybridized carbons (Fsp3) is 0.909. The van der Waals surface area contributed by atoms with Crippen LogP contribution < -0.4 is 5.32 Å². The number of methoxy groups -OCH3 is 1. The van der Waals surface area contributed by atoms with Crippen LogP contribution in [0, 0.1) is 0 Å². The predicted octanol–water partition coefficient (Wildman–Crippen LogP) is 0.842. The number of hydrogen-bond acceptors (Lipinski definition) is 4. The van der Waals surface area contributed by atoms with E-state index in [-0.39, 0.29) is 17.7 Å². The fourth-order valence-corrected chi connectivity index (χ4v) is 1.56. The molecule has 94 valence electrons. The maximum absolute atomic E-state index is 11.3. The first-order chi connectivity index (χ1) is 7.42. The van der Waals surface area contributed by atoms with E-state index in [2.05, 4.69) is 26.1 Å². The van der Waals surface area contributed by atoms with Crippen LogP contribution in [-0.4, -0.2) is 56.0 Å². The minimum Gasteiger partial charge on any atom is -0.453 e. The Bertz CT molecular complexity index is 238. The summed E-state index contributed by atoms with van der Waals surface area (Å²) in [7, 11) is 1.40. The minimum atomic E-state index is -0.274. The van der Waals surface area contributed by atoms with E-state index >= 15 is 0 Å². The van der Waals surface area contributed by atoms with Crippen molar-refractivity contribution < 1.29 is 14.3 Å². The summed E-state index contributed by atoms with van der Waals surface area (Å²) in [5.41, 5.74) is 0.0664. The quantitative estimate of drug-likeness (QED) is 0.764. The number of nitrogens with one attached hydrogen (secondary N) is 1. The third-order valence-corrected chi connectivity index (χ3v) is 2.43. The van der Waals surface area contributed by atoms with Gasteiger partial charge in [-0.2, -0.15) is 0 Å². The van der Waals surface area contributed by atoms with E-state index < -0.39 is 0 Å². The molecule has 5 heteroatoms. The molecule has 1 unspecified atom stereocenters. The second-order valence-corrected chi connectivity index (χ2v) is 5.04. The van der Waals surface area contributed by atoms with Crippen LogP contribution in [0.1, 0.15) is 20.8 Å². The largest absolute Gasteiger partial charge is 0.453 e. The number of ether oxygens (including phenoxy) is 2.